The van der Waals surface area contributed by atoms with Crippen molar-refractivity contribution in [2.24, 2.45) is 0 Å². The smallest absolute Gasteiger partial charge is 0.247 e. The monoisotopic (exact) mass is 459 g/mol. The van der Waals surface area contributed by atoms with Gasteiger partial charge in [0.25, 0.3) is 0 Å². The fourth-order valence-corrected chi connectivity index (χ4v) is 6.01. The Bertz CT molecular complexity index is 1100. The Hall–Kier alpha value is -2.78. The molecule has 8 nitrogen and oxygen atoms in total. The Kier molecular flexibility index (Phi) is 6.30. The van der Waals surface area contributed by atoms with Gasteiger partial charge in [0.05, 0.1) is 20.8 Å². The normalized spacial score (nSPS) is 19.0. The van der Waals surface area contributed by atoms with Crippen LogP contribution >= 0.6 is 0 Å². The maximum atomic E-state index is 13.2. The molecule has 2 aromatic carbocycles. The van der Waals surface area contributed by atoms with Gasteiger partial charge < -0.3 is 19.3 Å². The van der Waals surface area contributed by atoms with Crippen molar-refractivity contribution in [1.82, 2.24) is 9.21 Å². The summed E-state index contributed by atoms with van der Waals surface area (Å²) in [6.07, 6.45) is 0.928. The van der Waals surface area contributed by atoms with Crippen LogP contribution in [0.4, 0.5) is 5.69 Å². The second-order valence-corrected chi connectivity index (χ2v) is 10.0. The van der Waals surface area contributed by atoms with Gasteiger partial charge in [0.1, 0.15) is 16.4 Å². The quantitative estimate of drug-likeness (QED) is 0.657. The van der Waals surface area contributed by atoms with E-state index in [1.165, 1.54) is 30.2 Å². The van der Waals surface area contributed by atoms with E-state index < -0.39 is 10.0 Å². The second-order valence-electron chi connectivity index (χ2n) is 8.11. The number of piperazine rings is 1. The van der Waals surface area contributed by atoms with Gasteiger partial charge in [-0.3, -0.25) is 4.79 Å². The summed E-state index contributed by atoms with van der Waals surface area (Å²) in [6.45, 7) is 3.61. The lowest BCUT2D eigenvalue weighted by Crippen LogP contribution is -2.53. The van der Waals surface area contributed by atoms with E-state index in [-0.39, 0.29) is 35.7 Å². The first kappa shape index (κ1) is 22.4. The highest BCUT2D eigenvalue weighted by atomic mass is 32.2. The van der Waals surface area contributed by atoms with Crippen molar-refractivity contribution in [3.8, 4) is 11.5 Å². The number of anilines is 1. The molecule has 2 aromatic rings. The molecule has 1 atom stereocenters. The van der Waals surface area contributed by atoms with Gasteiger partial charge >= 0.3 is 0 Å². The Balaban J connectivity index is 1.43. The van der Waals surface area contributed by atoms with Gasteiger partial charge in [-0.1, -0.05) is 18.2 Å². The number of carbonyl (C=O) groups excluding carboxylic acids is 1. The van der Waals surface area contributed by atoms with Gasteiger partial charge in [0.15, 0.2) is 0 Å². The number of hydrogen-bond donors (Lipinski definition) is 0. The zero-order valence-electron chi connectivity index (χ0n) is 18.7. The summed E-state index contributed by atoms with van der Waals surface area (Å²) in [5, 5.41) is 0. The first-order valence-corrected chi connectivity index (χ1v) is 12.1. The Morgan fingerprint density at radius 2 is 1.75 bits per heavy atom. The zero-order chi connectivity index (χ0) is 22.9. The first-order valence-electron chi connectivity index (χ1n) is 10.7. The van der Waals surface area contributed by atoms with E-state index in [9.17, 15) is 13.2 Å². The standard InChI is InChI=1S/C23H29N3O5S/c1-17-14-18-6-4-5-7-20(18)26(17)16-23(27)24-10-12-25(13-11-24)32(28,29)22-15-19(30-2)8-9-21(22)31-3/h4-9,15,17H,10-14,16H2,1-3H3/t17-/m1/s1. The van der Waals surface area contributed by atoms with Gasteiger partial charge in [-0.05, 0) is 37.1 Å². The number of para-hydroxylation sites is 1. The molecule has 0 aromatic heterocycles. The number of nitrogens with zero attached hydrogens (tertiary/aromatic N) is 3. The van der Waals surface area contributed by atoms with Crippen molar-refractivity contribution >= 4 is 21.6 Å². The summed E-state index contributed by atoms with van der Waals surface area (Å²) in [6, 6.07) is 13.1. The summed E-state index contributed by atoms with van der Waals surface area (Å²) < 4.78 is 38.4. The van der Waals surface area contributed by atoms with Crippen LogP contribution in [-0.2, 0) is 21.2 Å². The lowest BCUT2D eigenvalue weighted by molar-refractivity contribution is -0.130. The molecule has 0 spiro atoms. The second kappa shape index (κ2) is 8.99. The Morgan fingerprint density at radius 1 is 1.03 bits per heavy atom. The van der Waals surface area contributed by atoms with Crippen LogP contribution in [0.1, 0.15) is 12.5 Å². The number of methoxy groups -OCH3 is 2. The first-order chi connectivity index (χ1) is 15.3. The molecule has 1 saturated heterocycles. The maximum absolute atomic E-state index is 13.2. The zero-order valence-corrected chi connectivity index (χ0v) is 19.5. The van der Waals surface area contributed by atoms with Crippen molar-refractivity contribution < 1.29 is 22.7 Å². The van der Waals surface area contributed by atoms with Gasteiger partial charge in [-0.25, -0.2) is 8.42 Å². The molecule has 1 amide bonds. The van der Waals surface area contributed by atoms with E-state index >= 15 is 0 Å². The number of fused-ring (bicyclic) bond motifs is 1. The average molecular weight is 460 g/mol. The van der Waals surface area contributed by atoms with Crippen molar-refractivity contribution in [3.05, 3.63) is 48.0 Å². The maximum Gasteiger partial charge on any atom is 0.247 e. The predicted octanol–water partition coefficient (Wildman–Crippen LogP) is 1.99. The van der Waals surface area contributed by atoms with Crippen LogP contribution < -0.4 is 14.4 Å². The molecule has 0 bridgehead atoms. The van der Waals surface area contributed by atoms with E-state index in [1.54, 1.807) is 17.0 Å². The van der Waals surface area contributed by atoms with E-state index in [2.05, 4.69) is 24.0 Å². The molecule has 0 unspecified atom stereocenters. The van der Waals surface area contributed by atoms with Gasteiger partial charge in [0.2, 0.25) is 15.9 Å². The molecule has 32 heavy (non-hydrogen) atoms. The Morgan fingerprint density at radius 3 is 2.44 bits per heavy atom. The minimum absolute atomic E-state index is 0.0181. The van der Waals surface area contributed by atoms with Crippen LogP contribution in [-0.4, -0.2) is 76.5 Å². The van der Waals surface area contributed by atoms with Crippen LogP contribution in [0.5, 0.6) is 11.5 Å². The van der Waals surface area contributed by atoms with Crippen molar-refractivity contribution in [2.45, 2.75) is 24.3 Å². The third-order valence-corrected chi connectivity index (χ3v) is 8.15. The molecule has 172 valence electrons. The number of ether oxygens (including phenoxy) is 2. The number of hydrogen-bond acceptors (Lipinski definition) is 6. The third-order valence-electron chi connectivity index (χ3n) is 6.23. The fraction of sp³-hybridized carbons (Fsp3) is 0.435. The minimum atomic E-state index is -3.78. The van der Waals surface area contributed by atoms with Crippen molar-refractivity contribution in [2.75, 3.05) is 51.8 Å². The van der Waals surface area contributed by atoms with Gasteiger partial charge in [0, 0.05) is 44.0 Å². The molecule has 1 fully saturated rings. The van der Waals surface area contributed by atoms with E-state index in [0.717, 1.165) is 12.1 Å². The van der Waals surface area contributed by atoms with E-state index in [0.29, 0.717) is 25.4 Å². The molecule has 0 saturated carbocycles. The summed E-state index contributed by atoms with van der Waals surface area (Å²) in [4.78, 5) is 17.0. The van der Waals surface area contributed by atoms with Crippen LogP contribution in [0.25, 0.3) is 0 Å². The average Bonchev–Trinajstić information content (AvgIpc) is 3.13. The molecule has 4 rings (SSSR count). The molecule has 0 aliphatic carbocycles. The highest BCUT2D eigenvalue weighted by molar-refractivity contribution is 7.89. The molecule has 2 aliphatic heterocycles. The number of carbonyl (C=O) groups is 1. The van der Waals surface area contributed by atoms with Crippen molar-refractivity contribution in [1.29, 1.82) is 0 Å². The number of sulfonamides is 1. The molecule has 2 aliphatic rings. The van der Waals surface area contributed by atoms with Crippen molar-refractivity contribution in [3.63, 3.8) is 0 Å². The van der Waals surface area contributed by atoms with Crippen LogP contribution in [0.3, 0.4) is 0 Å². The largest absolute Gasteiger partial charge is 0.497 e. The van der Waals surface area contributed by atoms with Gasteiger partial charge in [-0.15, -0.1) is 0 Å². The van der Waals surface area contributed by atoms with E-state index in [1.807, 2.05) is 12.1 Å². The summed E-state index contributed by atoms with van der Waals surface area (Å²) >= 11 is 0. The van der Waals surface area contributed by atoms with E-state index in [4.69, 9.17) is 9.47 Å². The molecular weight excluding hydrogens is 430 g/mol. The van der Waals surface area contributed by atoms with Crippen LogP contribution in [0.2, 0.25) is 0 Å². The summed E-state index contributed by atoms with van der Waals surface area (Å²) in [5.41, 5.74) is 2.37. The minimum Gasteiger partial charge on any atom is -0.497 e. The highest BCUT2D eigenvalue weighted by Crippen LogP contribution is 2.32. The predicted molar refractivity (Wildman–Crippen MR) is 122 cm³/mol. The topological polar surface area (TPSA) is 79.4 Å². The number of amides is 1. The lowest BCUT2D eigenvalue weighted by Gasteiger charge is -2.35. The van der Waals surface area contributed by atoms with Gasteiger partial charge in [-0.2, -0.15) is 4.31 Å². The third kappa shape index (κ3) is 4.14. The van der Waals surface area contributed by atoms with Crippen LogP contribution in [0, 0.1) is 0 Å². The summed E-state index contributed by atoms with van der Waals surface area (Å²) in [7, 11) is -0.850. The molecular formula is C23H29N3O5S. The van der Waals surface area contributed by atoms with Crippen LogP contribution in [0.15, 0.2) is 47.4 Å². The summed E-state index contributed by atoms with van der Waals surface area (Å²) in [5.74, 6) is 0.730. The Labute approximate surface area is 189 Å². The highest BCUT2D eigenvalue weighted by Gasteiger charge is 2.34. The molecule has 2 heterocycles. The fourth-order valence-electron chi connectivity index (χ4n) is 4.42. The molecule has 9 heteroatoms. The lowest BCUT2D eigenvalue weighted by atomic mass is 10.1. The number of benzene rings is 2. The molecule has 0 radical (unpaired) electrons. The SMILES string of the molecule is COc1ccc(OC)c(S(=O)(=O)N2CCN(C(=O)CN3c4ccccc4C[C@H]3C)CC2)c1. The number of rotatable bonds is 6. The molecule has 0 N–H and O–H groups in total.